The molecular formula is C13H20N4O2S. The molecule has 2 fully saturated rings. The third-order valence-electron chi connectivity index (χ3n) is 3.87. The maximum atomic E-state index is 12.6. The second-order valence-electron chi connectivity index (χ2n) is 5.46. The Kier molecular flexibility index (Phi) is 3.80. The topological polar surface area (TPSA) is 91.5 Å². The van der Waals surface area contributed by atoms with Crippen LogP contribution in [0.3, 0.4) is 0 Å². The number of nitrogens with zero attached hydrogens (tertiary/aromatic N) is 2. The minimum Gasteiger partial charge on any atom is -0.395 e. The van der Waals surface area contributed by atoms with Crippen molar-refractivity contribution in [3.05, 3.63) is 4.88 Å². The Hall–Kier alpha value is -1.34. The van der Waals surface area contributed by atoms with Crippen LogP contribution in [0.25, 0.3) is 0 Å². The number of nitrogens with two attached hydrogens (primary N) is 1. The minimum atomic E-state index is -0.0948. The number of hydrogen-bond acceptors (Lipinski definition) is 6. The molecule has 0 radical (unpaired) electrons. The minimum absolute atomic E-state index is 0.0197. The van der Waals surface area contributed by atoms with Crippen LogP contribution >= 0.6 is 11.3 Å². The molecule has 1 heterocycles. The van der Waals surface area contributed by atoms with Crippen LogP contribution in [0, 0.1) is 0 Å². The van der Waals surface area contributed by atoms with Crippen LogP contribution < -0.4 is 11.1 Å². The number of amides is 1. The highest BCUT2D eigenvalue weighted by Crippen LogP contribution is 2.33. The van der Waals surface area contributed by atoms with Crippen molar-refractivity contribution in [2.24, 2.45) is 0 Å². The maximum absolute atomic E-state index is 12.6. The van der Waals surface area contributed by atoms with Crippen molar-refractivity contribution in [1.29, 1.82) is 0 Å². The van der Waals surface area contributed by atoms with Gasteiger partial charge in [0.2, 0.25) is 0 Å². The molecule has 0 saturated heterocycles. The SMILES string of the molecule is Nc1nc(NC2CC2)sc1C(=O)N(CCO)C1CCC1. The Labute approximate surface area is 122 Å². The van der Waals surface area contributed by atoms with Crippen LogP contribution in [-0.4, -0.2) is 46.1 Å². The summed E-state index contributed by atoms with van der Waals surface area (Å²) in [6.45, 7) is 0.348. The lowest BCUT2D eigenvalue weighted by Crippen LogP contribution is -2.45. The van der Waals surface area contributed by atoms with Crippen LogP contribution in [0.15, 0.2) is 0 Å². The third kappa shape index (κ3) is 2.73. The van der Waals surface area contributed by atoms with Gasteiger partial charge in [0.05, 0.1) is 6.61 Å². The quantitative estimate of drug-likeness (QED) is 0.735. The molecule has 2 aliphatic carbocycles. The molecule has 2 aliphatic rings. The van der Waals surface area contributed by atoms with Crippen LogP contribution in [0.1, 0.15) is 41.8 Å². The van der Waals surface area contributed by atoms with Crippen molar-refractivity contribution in [3.63, 3.8) is 0 Å². The zero-order valence-corrected chi connectivity index (χ0v) is 12.2. The molecule has 1 aromatic rings. The Morgan fingerprint density at radius 3 is 2.75 bits per heavy atom. The molecule has 3 rings (SSSR count). The Balaban J connectivity index is 1.74. The summed E-state index contributed by atoms with van der Waals surface area (Å²) in [4.78, 5) is 19.1. The van der Waals surface area contributed by atoms with E-state index in [1.165, 1.54) is 11.3 Å². The van der Waals surface area contributed by atoms with Gasteiger partial charge in [-0.25, -0.2) is 4.98 Å². The molecule has 0 atom stereocenters. The Morgan fingerprint density at radius 1 is 1.45 bits per heavy atom. The number of aliphatic hydroxyl groups is 1. The van der Waals surface area contributed by atoms with E-state index in [1.807, 2.05) is 0 Å². The summed E-state index contributed by atoms with van der Waals surface area (Å²) in [5.41, 5.74) is 5.88. The molecule has 0 aliphatic heterocycles. The molecule has 4 N–H and O–H groups in total. The van der Waals surface area contributed by atoms with E-state index in [9.17, 15) is 4.79 Å². The number of hydrogen-bond donors (Lipinski definition) is 3. The largest absolute Gasteiger partial charge is 0.395 e. The van der Waals surface area contributed by atoms with Gasteiger partial charge in [0.1, 0.15) is 10.7 Å². The summed E-state index contributed by atoms with van der Waals surface area (Å²) < 4.78 is 0. The first-order chi connectivity index (χ1) is 9.69. The first-order valence-corrected chi connectivity index (χ1v) is 7.95. The molecule has 1 aromatic heterocycles. The van der Waals surface area contributed by atoms with E-state index in [0.29, 0.717) is 23.3 Å². The first kappa shape index (κ1) is 13.6. The number of nitrogens with one attached hydrogen (secondary N) is 1. The number of rotatable bonds is 6. The van der Waals surface area contributed by atoms with Crippen molar-refractivity contribution in [2.45, 2.75) is 44.2 Å². The van der Waals surface area contributed by atoms with Crippen LogP contribution in [0.5, 0.6) is 0 Å². The van der Waals surface area contributed by atoms with Gasteiger partial charge < -0.3 is 21.1 Å². The summed E-state index contributed by atoms with van der Waals surface area (Å²) in [6, 6.07) is 0.736. The lowest BCUT2D eigenvalue weighted by Gasteiger charge is -2.37. The highest BCUT2D eigenvalue weighted by atomic mass is 32.1. The van der Waals surface area contributed by atoms with Crippen molar-refractivity contribution in [1.82, 2.24) is 9.88 Å². The molecule has 110 valence electrons. The van der Waals surface area contributed by atoms with E-state index in [1.54, 1.807) is 4.90 Å². The molecule has 0 unspecified atom stereocenters. The number of aromatic nitrogens is 1. The average Bonchev–Trinajstić information content (AvgIpc) is 3.08. The zero-order valence-electron chi connectivity index (χ0n) is 11.3. The molecule has 6 nitrogen and oxygen atoms in total. The number of thiazole rings is 1. The monoisotopic (exact) mass is 296 g/mol. The molecule has 7 heteroatoms. The second-order valence-corrected chi connectivity index (χ2v) is 6.46. The molecule has 20 heavy (non-hydrogen) atoms. The fourth-order valence-electron chi connectivity index (χ4n) is 2.34. The summed E-state index contributed by atoms with van der Waals surface area (Å²) in [6.07, 6.45) is 5.48. The van der Waals surface area contributed by atoms with Gasteiger partial charge in [0.25, 0.3) is 5.91 Å². The van der Waals surface area contributed by atoms with Crippen molar-refractivity contribution < 1.29 is 9.90 Å². The van der Waals surface area contributed by atoms with E-state index >= 15 is 0 Å². The van der Waals surface area contributed by atoms with Gasteiger partial charge in [-0.15, -0.1) is 0 Å². The Bertz CT molecular complexity index is 497. The van der Waals surface area contributed by atoms with Crippen LogP contribution in [-0.2, 0) is 0 Å². The lowest BCUT2D eigenvalue weighted by atomic mass is 9.91. The van der Waals surface area contributed by atoms with Crippen LogP contribution in [0.2, 0.25) is 0 Å². The van der Waals surface area contributed by atoms with E-state index in [2.05, 4.69) is 10.3 Å². The van der Waals surface area contributed by atoms with Crippen LogP contribution in [0.4, 0.5) is 10.9 Å². The summed E-state index contributed by atoms with van der Waals surface area (Å²) in [7, 11) is 0. The predicted octanol–water partition coefficient (Wildman–Crippen LogP) is 1.29. The van der Waals surface area contributed by atoms with E-state index in [4.69, 9.17) is 10.8 Å². The van der Waals surface area contributed by atoms with Crippen molar-refractivity contribution in [2.75, 3.05) is 24.2 Å². The second kappa shape index (κ2) is 5.57. The molecule has 0 aromatic carbocycles. The van der Waals surface area contributed by atoms with E-state index in [-0.39, 0.29) is 18.6 Å². The average molecular weight is 296 g/mol. The number of anilines is 2. The summed E-state index contributed by atoms with van der Waals surface area (Å²) in [5, 5.41) is 13.1. The van der Waals surface area contributed by atoms with Gasteiger partial charge in [-0.3, -0.25) is 4.79 Å². The number of aliphatic hydroxyl groups excluding tert-OH is 1. The van der Waals surface area contributed by atoms with Gasteiger partial charge in [0.15, 0.2) is 5.13 Å². The standard InChI is InChI=1S/C13H20N4O2S/c14-11-10(20-13(16-11)15-8-4-5-8)12(19)17(6-7-18)9-2-1-3-9/h8-9,18H,1-7,14H2,(H,15,16). The van der Waals surface area contributed by atoms with Gasteiger partial charge >= 0.3 is 0 Å². The summed E-state index contributed by atoms with van der Waals surface area (Å²) >= 11 is 1.32. The highest BCUT2D eigenvalue weighted by Gasteiger charge is 2.32. The summed E-state index contributed by atoms with van der Waals surface area (Å²) in [5.74, 6) is 0.202. The molecule has 1 amide bonds. The number of carbonyl (C=O) groups excluding carboxylic acids is 1. The smallest absolute Gasteiger partial charge is 0.268 e. The zero-order chi connectivity index (χ0) is 14.1. The first-order valence-electron chi connectivity index (χ1n) is 7.13. The van der Waals surface area contributed by atoms with Gasteiger partial charge in [-0.05, 0) is 32.1 Å². The van der Waals surface area contributed by atoms with E-state index in [0.717, 1.165) is 37.2 Å². The fraction of sp³-hybridized carbons (Fsp3) is 0.692. The fourth-order valence-corrected chi connectivity index (χ4v) is 3.25. The molecule has 0 bridgehead atoms. The predicted molar refractivity (Wildman–Crippen MR) is 78.9 cm³/mol. The molecular weight excluding hydrogens is 276 g/mol. The molecule has 2 saturated carbocycles. The normalized spacial score (nSPS) is 18.6. The van der Waals surface area contributed by atoms with E-state index < -0.39 is 0 Å². The van der Waals surface area contributed by atoms with Gasteiger partial charge in [-0.2, -0.15) is 0 Å². The third-order valence-corrected chi connectivity index (χ3v) is 4.86. The highest BCUT2D eigenvalue weighted by molar-refractivity contribution is 7.18. The maximum Gasteiger partial charge on any atom is 0.268 e. The van der Waals surface area contributed by atoms with Gasteiger partial charge in [-0.1, -0.05) is 11.3 Å². The van der Waals surface area contributed by atoms with Crippen molar-refractivity contribution >= 4 is 28.2 Å². The number of nitrogen functional groups attached to an aromatic ring is 1. The lowest BCUT2D eigenvalue weighted by molar-refractivity contribution is 0.0531. The van der Waals surface area contributed by atoms with Crippen molar-refractivity contribution in [3.8, 4) is 0 Å². The van der Waals surface area contributed by atoms with Gasteiger partial charge in [0, 0.05) is 18.6 Å². The Morgan fingerprint density at radius 2 is 2.20 bits per heavy atom. The number of carbonyl (C=O) groups is 1. The molecule has 0 spiro atoms.